The van der Waals surface area contributed by atoms with Crippen LogP contribution in [0.25, 0.3) is 10.9 Å². The van der Waals surface area contributed by atoms with Crippen LogP contribution in [0.5, 0.6) is 0 Å². The molecule has 1 aromatic heterocycles. The van der Waals surface area contributed by atoms with Crippen molar-refractivity contribution in [2.45, 2.75) is 25.7 Å². The minimum Gasteiger partial charge on any atom is -0.465 e. The van der Waals surface area contributed by atoms with Crippen molar-refractivity contribution >= 4 is 16.9 Å². The first kappa shape index (κ1) is 18.2. The van der Waals surface area contributed by atoms with Crippen molar-refractivity contribution in [1.29, 1.82) is 0 Å². The predicted octanol–water partition coefficient (Wildman–Crippen LogP) is 3.70. The van der Waals surface area contributed by atoms with Gasteiger partial charge in [-0.1, -0.05) is 36.4 Å². The first-order valence-electron chi connectivity index (χ1n) is 8.60. The number of ether oxygens (including phenoxy) is 2. The van der Waals surface area contributed by atoms with Gasteiger partial charge in [0.2, 0.25) is 0 Å². The van der Waals surface area contributed by atoms with E-state index in [4.69, 9.17) is 9.47 Å². The number of aliphatic hydroxyl groups is 1. The minimum atomic E-state index is -1.02. The Balaban J connectivity index is 1.88. The lowest BCUT2D eigenvalue weighted by Gasteiger charge is -2.10. The largest absolute Gasteiger partial charge is 0.465 e. The van der Waals surface area contributed by atoms with Crippen LogP contribution in [0.1, 0.15) is 34.2 Å². The van der Waals surface area contributed by atoms with Gasteiger partial charge < -0.3 is 19.1 Å². The Hall–Kier alpha value is -2.63. The highest BCUT2D eigenvalue weighted by Crippen LogP contribution is 2.27. The lowest BCUT2D eigenvalue weighted by atomic mass is 10.1. The van der Waals surface area contributed by atoms with Gasteiger partial charge in [0.15, 0.2) is 6.29 Å². The van der Waals surface area contributed by atoms with Crippen LogP contribution in [0.2, 0.25) is 0 Å². The molecule has 1 heterocycles. The monoisotopic (exact) mass is 353 g/mol. The van der Waals surface area contributed by atoms with Crippen LogP contribution in [0, 0.1) is 0 Å². The van der Waals surface area contributed by atoms with Crippen LogP contribution in [0.15, 0.2) is 54.7 Å². The molecule has 0 saturated heterocycles. The first-order chi connectivity index (χ1) is 12.6. The van der Waals surface area contributed by atoms with E-state index in [9.17, 15) is 9.90 Å². The van der Waals surface area contributed by atoms with E-state index in [0.29, 0.717) is 11.1 Å². The van der Waals surface area contributed by atoms with Gasteiger partial charge in [-0.3, -0.25) is 0 Å². The fourth-order valence-electron chi connectivity index (χ4n) is 3.16. The van der Waals surface area contributed by atoms with Gasteiger partial charge in [0, 0.05) is 36.3 Å². The van der Waals surface area contributed by atoms with E-state index in [2.05, 4.69) is 16.7 Å². The number of hydrogen-bond acceptors (Lipinski definition) is 4. The van der Waals surface area contributed by atoms with Crippen molar-refractivity contribution in [2.75, 3.05) is 14.2 Å². The molecular formula is C21H23NO4. The third-order valence-corrected chi connectivity index (χ3v) is 4.53. The molecule has 26 heavy (non-hydrogen) atoms. The van der Waals surface area contributed by atoms with Crippen molar-refractivity contribution in [1.82, 2.24) is 4.57 Å². The SMILES string of the molecule is COC(=O)c1cn(CCCc2ccccc2)c2ccc(C(O)OC)cc12. The molecule has 0 fully saturated rings. The number of esters is 1. The molecule has 0 spiro atoms. The highest BCUT2D eigenvalue weighted by atomic mass is 16.6. The van der Waals surface area contributed by atoms with Crippen molar-refractivity contribution in [2.24, 2.45) is 0 Å². The van der Waals surface area contributed by atoms with E-state index in [1.807, 2.05) is 36.5 Å². The van der Waals surface area contributed by atoms with Crippen LogP contribution in [0.4, 0.5) is 0 Å². The summed E-state index contributed by atoms with van der Waals surface area (Å²) in [6.07, 6.45) is 2.72. The second-order valence-corrected chi connectivity index (χ2v) is 6.18. The summed E-state index contributed by atoms with van der Waals surface area (Å²) in [6.45, 7) is 0.786. The molecule has 5 heteroatoms. The summed E-state index contributed by atoms with van der Waals surface area (Å²) in [5.74, 6) is -0.388. The third kappa shape index (κ3) is 3.79. The van der Waals surface area contributed by atoms with E-state index in [1.54, 1.807) is 6.07 Å². The molecule has 1 atom stereocenters. The highest BCUT2D eigenvalue weighted by molar-refractivity contribution is 6.04. The maximum absolute atomic E-state index is 12.2. The molecule has 0 aliphatic carbocycles. The van der Waals surface area contributed by atoms with Gasteiger partial charge in [0.05, 0.1) is 12.7 Å². The fourth-order valence-corrected chi connectivity index (χ4v) is 3.16. The maximum atomic E-state index is 12.2. The molecule has 3 aromatic rings. The Labute approximate surface area is 152 Å². The van der Waals surface area contributed by atoms with Crippen LogP contribution < -0.4 is 0 Å². The van der Waals surface area contributed by atoms with Gasteiger partial charge in [-0.05, 0) is 30.5 Å². The number of hydrogen-bond donors (Lipinski definition) is 1. The number of carbonyl (C=O) groups excluding carboxylic acids is 1. The van der Waals surface area contributed by atoms with Crippen LogP contribution >= 0.6 is 0 Å². The first-order valence-corrected chi connectivity index (χ1v) is 8.60. The molecular weight excluding hydrogens is 330 g/mol. The van der Waals surface area contributed by atoms with Gasteiger partial charge in [-0.2, -0.15) is 0 Å². The summed E-state index contributed by atoms with van der Waals surface area (Å²) >= 11 is 0. The van der Waals surface area contributed by atoms with E-state index in [1.165, 1.54) is 19.8 Å². The van der Waals surface area contributed by atoms with E-state index < -0.39 is 6.29 Å². The number of rotatable bonds is 7. The lowest BCUT2D eigenvalue weighted by molar-refractivity contribution is -0.0768. The number of fused-ring (bicyclic) bond motifs is 1. The number of aryl methyl sites for hydroxylation is 2. The van der Waals surface area contributed by atoms with Crippen molar-refractivity contribution in [3.63, 3.8) is 0 Å². The van der Waals surface area contributed by atoms with Crippen LogP contribution in [0.3, 0.4) is 0 Å². The molecule has 1 unspecified atom stereocenters. The molecule has 1 N–H and O–H groups in total. The topological polar surface area (TPSA) is 60.7 Å². The molecule has 0 aliphatic heterocycles. The molecule has 3 rings (SSSR count). The molecule has 0 amide bonds. The fraction of sp³-hybridized carbons (Fsp3) is 0.286. The quantitative estimate of drug-likeness (QED) is 0.520. The second-order valence-electron chi connectivity index (χ2n) is 6.18. The standard InChI is InChI=1S/C21H23NO4/c1-25-20(23)16-10-11-19-17(13-16)18(21(24)26-2)14-22(19)12-6-9-15-7-4-3-5-8-15/h3-5,7-8,10-11,13-14,20,23H,6,9,12H2,1-2H3. The van der Waals surface area contributed by atoms with Gasteiger partial charge in [-0.25, -0.2) is 4.79 Å². The zero-order valence-corrected chi connectivity index (χ0v) is 15.0. The van der Waals surface area contributed by atoms with E-state index >= 15 is 0 Å². The number of carbonyl (C=O) groups is 1. The molecule has 2 aromatic carbocycles. The normalized spacial score (nSPS) is 12.3. The number of nitrogens with zero attached hydrogens (tertiary/aromatic N) is 1. The summed E-state index contributed by atoms with van der Waals surface area (Å²) in [4.78, 5) is 12.2. The molecule has 0 bridgehead atoms. The molecule has 5 nitrogen and oxygen atoms in total. The Kier molecular flexibility index (Phi) is 5.71. The number of methoxy groups -OCH3 is 2. The zero-order valence-electron chi connectivity index (χ0n) is 15.0. The van der Waals surface area contributed by atoms with Gasteiger partial charge >= 0.3 is 5.97 Å². The lowest BCUT2D eigenvalue weighted by Crippen LogP contribution is -2.01. The van der Waals surface area contributed by atoms with Crippen molar-refractivity contribution < 1.29 is 19.4 Å². The van der Waals surface area contributed by atoms with Crippen molar-refractivity contribution in [3.05, 3.63) is 71.4 Å². The summed E-state index contributed by atoms with van der Waals surface area (Å²) < 4.78 is 11.9. The second kappa shape index (κ2) is 8.17. The van der Waals surface area contributed by atoms with Gasteiger partial charge in [-0.15, -0.1) is 0 Å². The Morgan fingerprint density at radius 1 is 1.15 bits per heavy atom. The summed E-state index contributed by atoms with van der Waals surface area (Å²) in [5.41, 5.74) is 3.33. The van der Waals surface area contributed by atoms with E-state index in [0.717, 1.165) is 30.3 Å². The average Bonchev–Trinajstić information content (AvgIpc) is 3.05. The number of aliphatic hydroxyl groups excluding tert-OH is 1. The zero-order chi connectivity index (χ0) is 18.5. The van der Waals surface area contributed by atoms with Gasteiger partial charge in [0.25, 0.3) is 0 Å². The molecule has 0 radical (unpaired) electrons. The van der Waals surface area contributed by atoms with Crippen LogP contribution in [-0.2, 0) is 22.4 Å². The highest BCUT2D eigenvalue weighted by Gasteiger charge is 2.17. The number of aromatic nitrogens is 1. The Morgan fingerprint density at radius 2 is 1.92 bits per heavy atom. The molecule has 0 saturated carbocycles. The molecule has 136 valence electrons. The maximum Gasteiger partial charge on any atom is 0.340 e. The smallest absolute Gasteiger partial charge is 0.340 e. The third-order valence-electron chi connectivity index (χ3n) is 4.53. The van der Waals surface area contributed by atoms with E-state index in [-0.39, 0.29) is 5.97 Å². The molecule has 0 aliphatic rings. The minimum absolute atomic E-state index is 0.388. The van der Waals surface area contributed by atoms with Gasteiger partial charge in [0.1, 0.15) is 0 Å². The average molecular weight is 353 g/mol. The number of benzene rings is 2. The Bertz CT molecular complexity index is 886. The summed E-state index contributed by atoms with van der Waals surface area (Å²) in [7, 11) is 2.81. The van der Waals surface area contributed by atoms with Crippen LogP contribution in [-0.4, -0.2) is 29.9 Å². The summed E-state index contributed by atoms with van der Waals surface area (Å²) in [5, 5.41) is 10.7. The summed E-state index contributed by atoms with van der Waals surface area (Å²) in [6, 6.07) is 15.8. The Morgan fingerprint density at radius 3 is 2.62 bits per heavy atom. The predicted molar refractivity (Wildman–Crippen MR) is 100 cm³/mol. The van der Waals surface area contributed by atoms with Crippen molar-refractivity contribution in [3.8, 4) is 0 Å².